The lowest BCUT2D eigenvalue weighted by molar-refractivity contribution is -0.274. The van der Waals surface area contributed by atoms with Crippen LogP contribution in [0.1, 0.15) is 5.56 Å². The fourth-order valence-electron chi connectivity index (χ4n) is 3.13. The number of aryl methyl sites for hydroxylation is 1. The molecular weight excluding hydrogens is 435 g/mol. The van der Waals surface area contributed by atoms with Crippen molar-refractivity contribution in [1.29, 1.82) is 0 Å². The maximum atomic E-state index is 12.7. The average molecular weight is 457 g/mol. The molecule has 0 radical (unpaired) electrons. The van der Waals surface area contributed by atoms with E-state index in [1.165, 1.54) is 16.4 Å². The first-order chi connectivity index (χ1) is 14.5. The summed E-state index contributed by atoms with van der Waals surface area (Å²) in [6, 6.07) is 11.5. The number of benzene rings is 2. The second kappa shape index (κ2) is 9.25. The van der Waals surface area contributed by atoms with Crippen LogP contribution in [0.5, 0.6) is 5.75 Å². The minimum atomic E-state index is -4.78. The van der Waals surface area contributed by atoms with Crippen molar-refractivity contribution in [2.45, 2.75) is 18.2 Å². The van der Waals surface area contributed by atoms with Crippen LogP contribution in [-0.4, -0.2) is 62.6 Å². The van der Waals surface area contributed by atoms with Crippen molar-refractivity contribution in [3.8, 4) is 5.75 Å². The highest BCUT2D eigenvalue weighted by Gasteiger charge is 2.31. The molecular formula is C20H22F3N3O4S. The van der Waals surface area contributed by atoms with Crippen LogP contribution in [0.2, 0.25) is 0 Å². The number of nitrogens with one attached hydrogen (secondary N) is 1. The van der Waals surface area contributed by atoms with Crippen molar-refractivity contribution in [2.75, 3.05) is 38.0 Å². The van der Waals surface area contributed by atoms with Gasteiger partial charge in [0.1, 0.15) is 5.75 Å². The van der Waals surface area contributed by atoms with Gasteiger partial charge in [-0.3, -0.25) is 9.69 Å². The van der Waals surface area contributed by atoms with Crippen molar-refractivity contribution in [1.82, 2.24) is 9.21 Å². The summed E-state index contributed by atoms with van der Waals surface area (Å²) >= 11 is 0. The number of rotatable bonds is 6. The largest absolute Gasteiger partial charge is 0.573 e. The standard InChI is InChI=1S/C20H22F3N3O4S/c1-15-2-8-18(9-3-15)31(28,29)26-12-10-25(11-13-26)14-19(27)24-16-4-6-17(7-5-16)30-20(21,22)23/h2-9H,10-14H2,1H3,(H,24,27). The monoisotopic (exact) mass is 457 g/mol. The first-order valence-electron chi connectivity index (χ1n) is 9.48. The van der Waals surface area contributed by atoms with Gasteiger partial charge in [0.05, 0.1) is 11.4 Å². The van der Waals surface area contributed by atoms with Gasteiger partial charge in [0.15, 0.2) is 0 Å². The predicted molar refractivity (Wildman–Crippen MR) is 108 cm³/mol. The number of halogens is 3. The Labute approximate surface area is 178 Å². The molecule has 31 heavy (non-hydrogen) atoms. The number of carbonyl (C=O) groups is 1. The van der Waals surface area contributed by atoms with E-state index in [1.54, 1.807) is 24.3 Å². The van der Waals surface area contributed by atoms with Gasteiger partial charge in [-0.15, -0.1) is 13.2 Å². The quantitative estimate of drug-likeness (QED) is 0.722. The van der Waals surface area contributed by atoms with Crippen LogP contribution in [0, 0.1) is 6.92 Å². The number of alkyl halides is 3. The Morgan fingerprint density at radius 1 is 1.00 bits per heavy atom. The zero-order valence-electron chi connectivity index (χ0n) is 16.7. The van der Waals surface area contributed by atoms with Crippen LogP contribution in [0.3, 0.4) is 0 Å². The highest BCUT2D eigenvalue weighted by atomic mass is 32.2. The van der Waals surface area contributed by atoms with Crippen molar-refractivity contribution in [3.05, 3.63) is 54.1 Å². The highest BCUT2D eigenvalue weighted by molar-refractivity contribution is 7.89. The van der Waals surface area contributed by atoms with Crippen LogP contribution in [0.25, 0.3) is 0 Å². The summed E-state index contributed by atoms with van der Waals surface area (Å²) in [6.45, 7) is 3.21. The lowest BCUT2D eigenvalue weighted by Crippen LogP contribution is -2.50. The Bertz CT molecular complexity index is 1000. The Hall–Kier alpha value is -2.63. The number of carbonyl (C=O) groups excluding carboxylic acids is 1. The molecule has 1 amide bonds. The number of piperazine rings is 1. The van der Waals surface area contributed by atoms with E-state index in [9.17, 15) is 26.4 Å². The average Bonchev–Trinajstić information content (AvgIpc) is 2.69. The first-order valence-corrected chi connectivity index (χ1v) is 10.9. The van der Waals surface area contributed by atoms with Gasteiger partial charge in [-0.2, -0.15) is 4.31 Å². The Kier molecular flexibility index (Phi) is 6.87. The molecule has 168 valence electrons. The summed E-state index contributed by atoms with van der Waals surface area (Å²) in [4.78, 5) is 14.3. The SMILES string of the molecule is Cc1ccc(S(=O)(=O)N2CCN(CC(=O)Nc3ccc(OC(F)(F)F)cc3)CC2)cc1. The molecule has 1 aliphatic rings. The van der Waals surface area contributed by atoms with Gasteiger partial charge in [-0.05, 0) is 43.3 Å². The molecule has 0 saturated carbocycles. The number of hydrogen-bond donors (Lipinski definition) is 1. The Balaban J connectivity index is 1.49. The Morgan fingerprint density at radius 2 is 1.58 bits per heavy atom. The molecule has 3 rings (SSSR count). The molecule has 0 aliphatic carbocycles. The van der Waals surface area contributed by atoms with Gasteiger partial charge in [0, 0.05) is 31.9 Å². The minimum absolute atomic E-state index is 0.0409. The van der Waals surface area contributed by atoms with Gasteiger partial charge >= 0.3 is 6.36 Å². The molecule has 2 aromatic carbocycles. The number of hydrogen-bond acceptors (Lipinski definition) is 5. The summed E-state index contributed by atoms with van der Waals surface area (Å²) in [7, 11) is -3.58. The zero-order chi connectivity index (χ0) is 22.6. The zero-order valence-corrected chi connectivity index (χ0v) is 17.5. The molecule has 1 saturated heterocycles. The minimum Gasteiger partial charge on any atom is -0.406 e. The van der Waals surface area contributed by atoms with Crippen LogP contribution < -0.4 is 10.1 Å². The second-order valence-corrected chi connectivity index (χ2v) is 9.05. The molecule has 0 unspecified atom stereocenters. The molecule has 1 fully saturated rings. The van der Waals surface area contributed by atoms with E-state index in [4.69, 9.17) is 0 Å². The van der Waals surface area contributed by atoms with Crippen molar-refractivity contribution in [3.63, 3.8) is 0 Å². The molecule has 0 spiro atoms. The topological polar surface area (TPSA) is 79.0 Å². The van der Waals surface area contributed by atoms with Gasteiger partial charge < -0.3 is 10.1 Å². The van der Waals surface area contributed by atoms with E-state index >= 15 is 0 Å². The number of nitrogens with zero attached hydrogens (tertiary/aromatic N) is 2. The molecule has 7 nitrogen and oxygen atoms in total. The molecule has 1 aliphatic heterocycles. The van der Waals surface area contributed by atoms with E-state index in [1.807, 2.05) is 11.8 Å². The van der Waals surface area contributed by atoms with Crippen molar-refractivity contribution < 1.29 is 31.1 Å². The summed E-state index contributed by atoms with van der Waals surface area (Å²) in [5.74, 6) is -0.726. The van der Waals surface area contributed by atoms with Gasteiger partial charge in [-0.1, -0.05) is 17.7 Å². The molecule has 0 bridgehead atoms. The van der Waals surface area contributed by atoms with Crippen LogP contribution >= 0.6 is 0 Å². The third-order valence-corrected chi connectivity index (χ3v) is 6.64. The number of sulfonamides is 1. The fraction of sp³-hybridized carbons (Fsp3) is 0.350. The molecule has 0 aromatic heterocycles. The number of anilines is 1. The summed E-state index contributed by atoms with van der Waals surface area (Å²) < 4.78 is 67.2. The second-order valence-electron chi connectivity index (χ2n) is 7.11. The maximum Gasteiger partial charge on any atom is 0.573 e. The van der Waals surface area contributed by atoms with Crippen LogP contribution in [0.15, 0.2) is 53.4 Å². The van der Waals surface area contributed by atoms with Gasteiger partial charge in [0.2, 0.25) is 15.9 Å². The van der Waals surface area contributed by atoms with Crippen LogP contribution in [0.4, 0.5) is 18.9 Å². The predicted octanol–water partition coefficient (Wildman–Crippen LogP) is 2.84. The van der Waals surface area contributed by atoms with E-state index < -0.39 is 16.4 Å². The van der Waals surface area contributed by atoms with Crippen LogP contribution in [-0.2, 0) is 14.8 Å². The summed E-state index contributed by atoms with van der Waals surface area (Å²) in [6.07, 6.45) is -4.78. The van der Waals surface area contributed by atoms with E-state index in [0.29, 0.717) is 18.8 Å². The number of ether oxygens (including phenoxy) is 1. The normalized spacial score (nSPS) is 16.1. The smallest absolute Gasteiger partial charge is 0.406 e. The Morgan fingerprint density at radius 3 is 2.13 bits per heavy atom. The fourth-order valence-corrected chi connectivity index (χ4v) is 4.55. The third-order valence-electron chi connectivity index (χ3n) is 4.73. The lowest BCUT2D eigenvalue weighted by Gasteiger charge is -2.33. The number of amides is 1. The summed E-state index contributed by atoms with van der Waals surface area (Å²) in [5, 5.41) is 2.60. The molecule has 2 aromatic rings. The van der Waals surface area contributed by atoms with E-state index in [-0.39, 0.29) is 36.2 Å². The van der Waals surface area contributed by atoms with Crippen molar-refractivity contribution in [2.24, 2.45) is 0 Å². The van der Waals surface area contributed by atoms with Crippen molar-refractivity contribution >= 4 is 21.6 Å². The maximum absolute atomic E-state index is 12.7. The highest BCUT2D eigenvalue weighted by Crippen LogP contribution is 2.24. The molecule has 11 heteroatoms. The van der Waals surface area contributed by atoms with E-state index in [0.717, 1.165) is 17.7 Å². The molecule has 1 heterocycles. The first kappa shape index (κ1) is 23.0. The third kappa shape index (κ3) is 6.42. The van der Waals surface area contributed by atoms with E-state index in [2.05, 4.69) is 10.1 Å². The van der Waals surface area contributed by atoms with Gasteiger partial charge in [-0.25, -0.2) is 8.42 Å². The molecule has 1 N–H and O–H groups in total. The molecule has 0 atom stereocenters. The van der Waals surface area contributed by atoms with Gasteiger partial charge in [0.25, 0.3) is 0 Å². The lowest BCUT2D eigenvalue weighted by atomic mass is 10.2. The summed E-state index contributed by atoms with van der Waals surface area (Å²) in [5.41, 5.74) is 1.30.